The number of nitrogens with zero attached hydrogens (tertiary/aromatic N) is 4. The minimum atomic E-state index is -3.00. The number of sulfone groups is 1. The highest BCUT2D eigenvalue weighted by Crippen LogP contribution is 2.21. The van der Waals surface area contributed by atoms with Gasteiger partial charge in [-0.15, -0.1) is 0 Å². The SMILES string of the molecule is CN(C(=O)c1ccnc(N(C)C2CCS(=O)(=O)C2)n1)c1ccccc1. The van der Waals surface area contributed by atoms with E-state index in [-0.39, 0.29) is 29.1 Å². The Labute approximate surface area is 147 Å². The summed E-state index contributed by atoms with van der Waals surface area (Å²) in [5.41, 5.74) is 1.03. The van der Waals surface area contributed by atoms with E-state index in [9.17, 15) is 13.2 Å². The van der Waals surface area contributed by atoms with Gasteiger partial charge in [-0.3, -0.25) is 4.79 Å². The lowest BCUT2D eigenvalue weighted by Gasteiger charge is -2.24. The van der Waals surface area contributed by atoms with Crippen molar-refractivity contribution in [2.75, 3.05) is 35.4 Å². The van der Waals surface area contributed by atoms with E-state index in [0.717, 1.165) is 5.69 Å². The van der Waals surface area contributed by atoms with E-state index in [0.29, 0.717) is 12.4 Å². The molecule has 8 heteroatoms. The summed E-state index contributed by atoms with van der Waals surface area (Å²) in [5, 5.41) is 0. The molecule has 25 heavy (non-hydrogen) atoms. The average Bonchev–Trinajstić information content (AvgIpc) is 3.00. The fourth-order valence-corrected chi connectivity index (χ4v) is 4.60. The molecule has 1 aromatic heterocycles. The van der Waals surface area contributed by atoms with Gasteiger partial charge in [0.25, 0.3) is 5.91 Å². The number of amides is 1. The highest BCUT2D eigenvalue weighted by molar-refractivity contribution is 7.91. The number of aromatic nitrogens is 2. The van der Waals surface area contributed by atoms with Crippen LogP contribution in [0, 0.1) is 0 Å². The zero-order valence-electron chi connectivity index (χ0n) is 14.2. The van der Waals surface area contributed by atoms with E-state index in [1.165, 1.54) is 11.1 Å². The molecule has 1 amide bonds. The summed E-state index contributed by atoms with van der Waals surface area (Å²) in [6, 6.07) is 10.7. The first-order chi connectivity index (χ1) is 11.9. The molecule has 0 saturated carbocycles. The van der Waals surface area contributed by atoms with Crippen LogP contribution in [0.4, 0.5) is 11.6 Å². The van der Waals surface area contributed by atoms with Crippen molar-refractivity contribution in [3.63, 3.8) is 0 Å². The summed E-state index contributed by atoms with van der Waals surface area (Å²) in [7, 11) is 0.450. The van der Waals surface area contributed by atoms with E-state index in [2.05, 4.69) is 9.97 Å². The monoisotopic (exact) mass is 360 g/mol. The number of carbonyl (C=O) groups excluding carboxylic acids is 1. The van der Waals surface area contributed by atoms with Gasteiger partial charge >= 0.3 is 0 Å². The van der Waals surface area contributed by atoms with Crippen molar-refractivity contribution in [2.45, 2.75) is 12.5 Å². The van der Waals surface area contributed by atoms with Gasteiger partial charge in [-0.2, -0.15) is 0 Å². The zero-order chi connectivity index (χ0) is 18.0. The molecule has 2 heterocycles. The predicted octanol–water partition coefficient (Wildman–Crippen LogP) is 1.38. The standard InChI is InChI=1S/C17H20N4O3S/c1-20(13-6-4-3-5-7-13)16(22)15-8-10-18-17(19-15)21(2)14-9-11-25(23,24)12-14/h3-8,10,14H,9,11-12H2,1-2H3. The van der Waals surface area contributed by atoms with Crippen molar-refractivity contribution >= 4 is 27.4 Å². The second kappa shape index (κ2) is 6.79. The molecule has 0 bridgehead atoms. The molecule has 1 saturated heterocycles. The second-order valence-electron chi connectivity index (χ2n) is 6.11. The highest BCUT2D eigenvalue weighted by atomic mass is 32.2. The number of para-hydroxylation sites is 1. The molecule has 132 valence electrons. The molecule has 1 unspecified atom stereocenters. The van der Waals surface area contributed by atoms with Gasteiger partial charge in [0.15, 0.2) is 9.84 Å². The first kappa shape index (κ1) is 17.3. The Morgan fingerprint density at radius 1 is 1.16 bits per heavy atom. The van der Waals surface area contributed by atoms with Gasteiger partial charge in [0.2, 0.25) is 5.95 Å². The van der Waals surface area contributed by atoms with E-state index in [4.69, 9.17) is 0 Å². The summed E-state index contributed by atoms with van der Waals surface area (Å²) >= 11 is 0. The van der Waals surface area contributed by atoms with Crippen molar-refractivity contribution in [1.82, 2.24) is 9.97 Å². The smallest absolute Gasteiger partial charge is 0.276 e. The Morgan fingerprint density at radius 2 is 1.88 bits per heavy atom. The van der Waals surface area contributed by atoms with Gasteiger partial charge in [-0.05, 0) is 24.6 Å². The van der Waals surface area contributed by atoms with Crippen LogP contribution in [-0.4, -0.2) is 55.9 Å². The van der Waals surface area contributed by atoms with E-state index >= 15 is 0 Å². The number of rotatable bonds is 4. The van der Waals surface area contributed by atoms with Crippen LogP contribution >= 0.6 is 0 Å². The van der Waals surface area contributed by atoms with Crippen molar-refractivity contribution in [3.8, 4) is 0 Å². The first-order valence-electron chi connectivity index (χ1n) is 7.97. The molecule has 0 radical (unpaired) electrons. The third kappa shape index (κ3) is 3.79. The van der Waals surface area contributed by atoms with Crippen LogP contribution in [0.15, 0.2) is 42.6 Å². The molecule has 1 aliphatic rings. The lowest BCUT2D eigenvalue weighted by Crippen LogP contribution is -2.34. The van der Waals surface area contributed by atoms with Crippen LogP contribution < -0.4 is 9.80 Å². The molecule has 0 aliphatic carbocycles. The topological polar surface area (TPSA) is 83.5 Å². The van der Waals surface area contributed by atoms with Gasteiger partial charge in [-0.1, -0.05) is 18.2 Å². The van der Waals surface area contributed by atoms with Crippen LogP contribution in [0.5, 0.6) is 0 Å². The van der Waals surface area contributed by atoms with Gasteiger partial charge in [0.1, 0.15) is 5.69 Å². The third-order valence-corrected chi connectivity index (χ3v) is 6.13. The van der Waals surface area contributed by atoms with Gasteiger partial charge in [0.05, 0.1) is 11.5 Å². The molecule has 1 aliphatic heterocycles. The molecule has 3 rings (SSSR count). The minimum Gasteiger partial charge on any atom is -0.340 e. The number of anilines is 2. The van der Waals surface area contributed by atoms with Crippen LogP contribution in [-0.2, 0) is 9.84 Å². The Morgan fingerprint density at radius 3 is 2.52 bits per heavy atom. The molecule has 2 aromatic rings. The molecular weight excluding hydrogens is 340 g/mol. The fourth-order valence-electron chi connectivity index (χ4n) is 2.82. The number of hydrogen-bond acceptors (Lipinski definition) is 6. The van der Waals surface area contributed by atoms with Crippen molar-refractivity contribution in [2.24, 2.45) is 0 Å². The maximum Gasteiger partial charge on any atom is 0.276 e. The van der Waals surface area contributed by atoms with Crippen LogP contribution in [0.1, 0.15) is 16.9 Å². The molecule has 7 nitrogen and oxygen atoms in total. The highest BCUT2D eigenvalue weighted by Gasteiger charge is 2.32. The molecule has 1 fully saturated rings. The van der Waals surface area contributed by atoms with E-state index in [1.807, 2.05) is 30.3 Å². The summed E-state index contributed by atoms with van der Waals surface area (Å²) in [4.78, 5) is 24.5. The maximum absolute atomic E-state index is 12.7. The zero-order valence-corrected chi connectivity index (χ0v) is 15.0. The third-order valence-electron chi connectivity index (χ3n) is 4.38. The minimum absolute atomic E-state index is 0.0922. The fraction of sp³-hybridized carbons (Fsp3) is 0.353. The lowest BCUT2D eigenvalue weighted by atomic mass is 10.2. The van der Waals surface area contributed by atoms with E-state index < -0.39 is 9.84 Å². The van der Waals surface area contributed by atoms with Crippen LogP contribution in [0.3, 0.4) is 0 Å². The number of benzene rings is 1. The summed E-state index contributed by atoms with van der Waals surface area (Å²) in [6.07, 6.45) is 2.07. The first-order valence-corrected chi connectivity index (χ1v) is 9.79. The molecule has 0 spiro atoms. The summed E-state index contributed by atoms with van der Waals surface area (Å²) in [5.74, 6) is 0.378. The molecule has 1 aromatic carbocycles. The van der Waals surface area contributed by atoms with Crippen molar-refractivity contribution < 1.29 is 13.2 Å². The molecule has 0 N–H and O–H groups in total. The Kier molecular flexibility index (Phi) is 4.71. The number of carbonyl (C=O) groups is 1. The molecular formula is C17H20N4O3S. The average molecular weight is 360 g/mol. The normalized spacial score (nSPS) is 18.7. The Hall–Kier alpha value is -2.48. The van der Waals surface area contributed by atoms with Gasteiger partial charge < -0.3 is 9.80 Å². The van der Waals surface area contributed by atoms with E-state index in [1.54, 1.807) is 25.1 Å². The molecule has 1 atom stereocenters. The van der Waals surface area contributed by atoms with Gasteiger partial charge in [-0.25, -0.2) is 18.4 Å². The second-order valence-corrected chi connectivity index (χ2v) is 8.34. The van der Waals surface area contributed by atoms with Crippen molar-refractivity contribution in [3.05, 3.63) is 48.3 Å². The van der Waals surface area contributed by atoms with Gasteiger partial charge in [0, 0.05) is 32.0 Å². The Bertz CT molecular complexity index is 870. The van der Waals surface area contributed by atoms with Crippen molar-refractivity contribution in [1.29, 1.82) is 0 Å². The van der Waals surface area contributed by atoms with Crippen LogP contribution in [0.25, 0.3) is 0 Å². The Balaban J connectivity index is 1.80. The largest absolute Gasteiger partial charge is 0.340 e. The maximum atomic E-state index is 12.7. The lowest BCUT2D eigenvalue weighted by molar-refractivity contribution is 0.0988. The summed E-state index contributed by atoms with van der Waals surface area (Å²) in [6.45, 7) is 0. The van der Waals surface area contributed by atoms with Crippen LogP contribution in [0.2, 0.25) is 0 Å². The quantitative estimate of drug-likeness (QED) is 0.819. The summed E-state index contributed by atoms with van der Waals surface area (Å²) < 4.78 is 23.3. The number of hydrogen-bond donors (Lipinski definition) is 0. The predicted molar refractivity (Wildman–Crippen MR) is 96.7 cm³/mol.